The first-order valence-corrected chi connectivity index (χ1v) is 10.3. The first-order valence-electron chi connectivity index (χ1n) is 10.3. The second-order valence-electron chi connectivity index (χ2n) is 6.62. The number of halogens is 1. The van der Waals surface area contributed by atoms with Crippen molar-refractivity contribution in [2.24, 2.45) is 4.99 Å². The molecule has 0 heterocycles. The SMILES string of the molecule is CCNC(=NCc1ccc(OCCO)c(OC)c1)NCCc1ccc(OC)c(OC)c1.I. The zero-order valence-electron chi connectivity index (χ0n) is 19.1. The number of hydrogen-bond donors (Lipinski definition) is 3. The lowest BCUT2D eigenvalue weighted by Gasteiger charge is -2.13. The summed E-state index contributed by atoms with van der Waals surface area (Å²) < 4.78 is 21.5. The Morgan fingerprint density at radius 1 is 0.875 bits per heavy atom. The Kier molecular flexibility index (Phi) is 13.3. The molecule has 0 radical (unpaired) electrons. The number of rotatable bonds is 12. The molecule has 0 aliphatic rings. The number of benzene rings is 2. The molecule has 0 aliphatic heterocycles. The van der Waals surface area contributed by atoms with Crippen LogP contribution < -0.4 is 29.6 Å². The molecule has 9 heteroatoms. The predicted octanol–water partition coefficient (Wildman–Crippen LogP) is 3.00. The van der Waals surface area contributed by atoms with E-state index in [0.29, 0.717) is 18.0 Å². The number of nitrogens with zero attached hydrogens (tertiary/aromatic N) is 1. The van der Waals surface area contributed by atoms with E-state index in [-0.39, 0.29) is 37.2 Å². The lowest BCUT2D eigenvalue weighted by molar-refractivity contribution is 0.196. The van der Waals surface area contributed by atoms with E-state index < -0.39 is 0 Å². The quantitative estimate of drug-likeness (QED) is 0.209. The first kappa shape index (κ1) is 27.6. The molecule has 0 bridgehead atoms. The maximum absolute atomic E-state index is 8.93. The van der Waals surface area contributed by atoms with Gasteiger partial charge in [-0.2, -0.15) is 0 Å². The Labute approximate surface area is 207 Å². The van der Waals surface area contributed by atoms with Crippen LogP contribution in [0.4, 0.5) is 0 Å². The van der Waals surface area contributed by atoms with Crippen LogP contribution in [0.3, 0.4) is 0 Å². The Morgan fingerprint density at radius 2 is 1.50 bits per heavy atom. The van der Waals surface area contributed by atoms with Gasteiger partial charge in [0.15, 0.2) is 29.0 Å². The predicted molar refractivity (Wildman–Crippen MR) is 137 cm³/mol. The molecule has 0 aromatic heterocycles. The Balaban J connectivity index is 0.00000512. The molecule has 0 fully saturated rings. The minimum atomic E-state index is -0.0454. The smallest absolute Gasteiger partial charge is 0.191 e. The molecule has 0 aliphatic carbocycles. The molecule has 2 rings (SSSR count). The Morgan fingerprint density at radius 3 is 2.16 bits per heavy atom. The van der Waals surface area contributed by atoms with Crippen molar-refractivity contribution in [1.29, 1.82) is 0 Å². The monoisotopic (exact) mass is 559 g/mol. The van der Waals surface area contributed by atoms with Crippen molar-refractivity contribution < 1.29 is 24.1 Å². The number of aliphatic hydroxyl groups is 1. The van der Waals surface area contributed by atoms with Gasteiger partial charge in [0.1, 0.15) is 6.61 Å². The van der Waals surface area contributed by atoms with Crippen molar-refractivity contribution >= 4 is 29.9 Å². The van der Waals surface area contributed by atoms with Crippen LogP contribution in [0.1, 0.15) is 18.1 Å². The second-order valence-corrected chi connectivity index (χ2v) is 6.62. The first-order chi connectivity index (χ1) is 15.1. The van der Waals surface area contributed by atoms with Crippen LogP contribution >= 0.6 is 24.0 Å². The van der Waals surface area contributed by atoms with Gasteiger partial charge in [0, 0.05) is 13.1 Å². The highest BCUT2D eigenvalue weighted by Gasteiger charge is 2.07. The minimum absolute atomic E-state index is 0. The van der Waals surface area contributed by atoms with Crippen molar-refractivity contribution in [2.75, 3.05) is 47.6 Å². The molecule has 2 aromatic rings. The van der Waals surface area contributed by atoms with Gasteiger partial charge in [0.25, 0.3) is 0 Å². The van der Waals surface area contributed by atoms with E-state index in [1.807, 2.05) is 43.3 Å². The zero-order valence-corrected chi connectivity index (χ0v) is 21.5. The van der Waals surface area contributed by atoms with Gasteiger partial charge in [0.2, 0.25) is 0 Å². The van der Waals surface area contributed by atoms with Crippen molar-refractivity contribution in [1.82, 2.24) is 10.6 Å². The van der Waals surface area contributed by atoms with Gasteiger partial charge in [-0.1, -0.05) is 12.1 Å². The van der Waals surface area contributed by atoms with Crippen LogP contribution in [0.2, 0.25) is 0 Å². The maximum Gasteiger partial charge on any atom is 0.191 e. The van der Waals surface area contributed by atoms with E-state index in [1.54, 1.807) is 21.3 Å². The number of hydrogen-bond acceptors (Lipinski definition) is 6. The van der Waals surface area contributed by atoms with Crippen LogP contribution in [0.5, 0.6) is 23.0 Å². The van der Waals surface area contributed by atoms with Crippen molar-refractivity contribution in [2.45, 2.75) is 19.9 Å². The van der Waals surface area contributed by atoms with E-state index in [9.17, 15) is 0 Å². The van der Waals surface area contributed by atoms with E-state index in [1.165, 1.54) is 0 Å². The fraction of sp³-hybridized carbons (Fsp3) is 0.435. The third-order valence-corrected chi connectivity index (χ3v) is 4.49. The Hall–Kier alpha value is -2.40. The van der Waals surface area contributed by atoms with Gasteiger partial charge in [-0.25, -0.2) is 4.99 Å². The summed E-state index contributed by atoms with van der Waals surface area (Å²) in [5.74, 6) is 3.40. The standard InChI is InChI=1S/C23H33N3O5.HI/c1-5-24-23(25-11-10-17-6-8-19(28-2)21(14-17)29-3)26-16-18-7-9-20(31-13-12-27)22(15-18)30-4;/h6-9,14-15,27H,5,10-13,16H2,1-4H3,(H2,24,25,26);1H. The maximum atomic E-state index is 8.93. The molecular formula is C23H34IN3O5. The molecular weight excluding hydrogens is 525 g/mol. The van der Waals surface area contributed by atoms with Crippen LogP contribution in [0.15, 0.2) is 41.4 Å². The molecule has 0 unspecified atom stereocenters. The van der Waals surface area contributed by atoms with E-state index in [4.69, 9.17) is 24.1 Å². The summed E-state index contributed by atoms with van der Waals surface area (Å²) in [6, 6.07) is 11.6. The summed E-state index contributed by atoms with van der Waals surface area (Å²) in [7, 11) is 4.85. The summed E-state index contributed by atoms with van der Waals surface area (Å²) in [5, 5.41) is 15.5. The lowest BCUT2D eigenvalue weighted by Crippen LogP contribution is -2.38. The highest BCUT2D eigenvalue weighted by atomic mass is 127. The van der Waals surface area contributed by atoms with Gasteiger partial charge < -0.3 is 34.7 Å². The second kappa shape index (κ2) is 15.4. The number of aliphatic imine (C=N–C) groups is 1. The molecule has 8 nitrogen and oxygen atoms in total. The molecule has 0 atom stereocenters. The van der Waals surface area contributed by atoms with Crippen LogP contribution in [0.25, 0.3) is 0 Å². The third-order valence-electron chi connectivity index (χ3n) is 4.49. The average molecular weight is 559 g/mol. The van der Waals surface area contributed by atoms with Gasteiger partial charge >= 0.3 is 0 Å². The fourth-order valence-electron chi connectivity index (χ4n) is 2.96. The lowest BCUT2D eigenvalue weighted by atomic mass is 10.1. The van der Waals surface area contributed by atoms with Crippen molar-refractivity contribution in [3.05, 3.63) is 47.5 Å². The van der Waals surface area contributed by atoms with Crippen LogP contribution in [0, 0.1) is 0 Å². The molecule has 0 saturated heterocycles. The molecule has 0 amide bonds. The summed E-state index contributed by atoms with van der Waals surface area (Å²) >= 11 is 0. The van der Waals surface area contributed by atoms with Gasteiger partial charge in [-0.3, -0.25) is 0 Å². The molecule has 0 spiro atoms. The minimum Gasteiger partial charge on any atom is -0.493 e. The third kappa shape index (κ3) is 8.62. The normalized spacial score (nSPS) is 10.7. The topological polar surface area (TPSA) is 93.6 Å². The van der Waals surface area contributed by atoms with E-state index >= 15 is 0 Å². The highest BCUT2D eigenvalue weighted by Crippen LogP contribution is 2.28. The van der Waals surface area contributed by atoms with Crippen LogP contribution in [-0.4, -0.2) is 58.7 Å². The van der Waals surface area contributed by atoms with Crippen molar-refractivity contribution in [3.63, 3.8) is 0 Å². The largest absolute Gasteiger partial charge is 0.493 e. The highest BCUT2D eigenvalue weighted by molar-refractivity contribution is 14.0. The fourth-order valence-corrected chi connectivity index (χ4v) is 2.96. The molecule has 2 aromatic carbocycles. The van der Waals surface area contributed by atoms with Gasteiger partial charge in [-0.05, 0) is 48.7 Å². The van der Waals surface area contributed by atoms with Crippen molar-refractivity contribution in [3.8, 4) is 23.0 Å². The van der Waals surface area contributed by atoms with Gasteiger partial charge in [-0.15, -0.1) is 24.0 Å². The molecule has 0 saturated carbocycles. The number of aliphatic hydroxyl groups excluding tert-OH is 1. The number of ether oxygens (including phenoxy) is 4. The van der Waals surface area contributed by atoms with Gasteiger partial charge in [0.05, 0.1) is 34.5 Å². The number of guanidine groups is 1. The number of nitrogens with one attached hydrogen (secondary N) is 2. The molecule has 32 heavy (non-hydrogen) atoms. The Bertz CT molecular complexity index is 848. The summed E-state index contributed by atoms with van der Waals surface area (Å²) in [4.78, 5) is 4.66. The zero-order chi connectivity index (χ0) is 22.5. The number of methoxy groups -OCH3 is 3. The molecule has 3 N–H and O–H groups in total. The average Bonchev–Trinajstić information content (AvgIpc) is 2.81. The summed E-state index contributed by atoms with van der Waals surface area (Å²) in [6.45, 7) is 4.18. The van der Waals surface area contributed by atoms with E-state index in [2.05, 4.69) is 15.6 Å². The van der Waals surface area contributed by atoms with E-state index in [0.717, 1.165) is 48.1 Å². The molecule has 178 valence electrons. The summed E-state index contributed by atoms with van der Waals surface area (Å²) in [6.07, 6.45) is 0.815. The summed E-state index contributed by atoms with van der Waals surface area (Å²) in [5.41, 5.74) is 2.13. The van der Waals surface area contributed by atoms with Crippen LogP contribution in [-0.2, 0) is 13.0 Å².